The molecule has 2 saturated heterocycles. The van der Waals surface area contributed by atoms with Gasteiger partial charge in [0.2, 0.25) is 0 Å². The van der Waals surface area contributed by atoms with Gasteiger partial charge < -0.3 is 4.90 Å². The van der Waals surface area contributed by atoms with E-state index in [1.807, 2.05) is 4.90 Å². The van der Waals surface area contributed by atoms with Crippen LogP contribution in [0.2, 0.25) is 0 Å². The van der Waals surface area contributed by atoms with Crippen molar-refractivity contribution in [1.82, 2.24) is 9.80 Å². The first-order valence-corrected chi connectivity index (χ1v) is 8.03. The third-order valence-electron chi connectivity index (χ3n) is 5.23. The van der Waals surface area contributed by atoms with Crippen molar-refractivity contribution in [3.8, 4) is 0 Å². The molecule has 1 amide bonds. The highest BCUT2D eigenvalue weighted by Gasteiger charge is 2.45. The summed E-state index contributed by atoms with van der Waals surface area (Å²) >= 11 is 0. The summed E-state index contributed by atoms with van der Waals surface area (Å²) in [4.78, 5) is 17.2. The summed E-state index contributed by atoms with van der Waals surface area (Å²) in [7, 11) is 0. The Bertz CT molecular complexity index is 540. The summed E-state index contributed by atoms with van der Waals surface area (Å²) in [6.45, 7) is 3.19. The van der Waals surface area contributed by atoms with Crippen LogP contribution in [0, 0.1) is 11.7 Å². The quantitative estimate of drug-likeness (QED) is 0.853. The summed E-state index contributed by atoms with van der Waals surface area (Å²) in [5.41, 5.74) is 0.609. The van der Waals surface area contributed by atoms with Crippen LogP contribution < -0.4 is 0 Å². The average Bonchev–Trinajstić information content (AvgIpc) is 3.07. The normalized spacial score (nSPS) is 28.9. The standard InChI is InChI=1S/C17H21FN2O/c18-14-5-3-13(4-6-14)17(21)20-10-8-15-16(20)7-9-19(15)11-12-1-2-12/h3-6,12,15-16H,1-2,7-11H2/t15-,16+/m1/s1. The van der Waals surface area contributed by atoms with Gasteiger partial charge in [-0.1, -0.05) is 0 Å². The minimum Gasteiger partial charge on any atom is -0.334 e. The Morgan fingerprint density at radius 3 is 2.48 bits per heavy atom. The van der Waals surface area contributed by atoms with Crippen LogP contribution in [0.4, 0.5) is 4.39 Å². The van der Waals surface area contributed by atoms with Crippen LogP contribution in [-0.2, 0) is 0 Å². The predicted octanol–water partition coefficient (Wildman–Crippen LogP) is 2.52. The van der Waals surface area contributed by atoms with E-state index < -0.39 is 0 Å². The lowest BCUT2D eigenvalue weighted by Gasteiger charge is -2.25. The molecule has 21 heavy (non-hydrogen) atoms. The number of benzene rings is 1. The number of hydrogen-bond acceptors (Lipinski definition) is 2. The molecule has 0 unspecified atom stereocenters. The molecule has 4 rings (SSSR count). The maximum Gasteiger partial charge on any atom is 0.254 e. The van der Waals surface area contributed by atoms with E-state index in [0.717, 1.165) is 31.8 Å². The fourth-order valence-corrected chi connectivity index (χ4v) is 3.94. The number of likely N-dealkylation sites (tertiary alicyclic amines) is 2. The van der Waals surface area contributed by atoms with Crippen LogP contribution in [0.15, 0.2) is 24.3 Å². The second-order valence-corrected chi connectivity index (χ2v) is 6.66. The number of carbonyl (C=O) groups excluding carboxylic acids is 1. The van der Waals surface area contributed by atoms with Crippen molar-refractivity contribution in [3.63, 3.8) is 0 Å². The molecule has 1 aliphatic carbocycles. The van der Waals surface area contributed by atoms with E-state index in [-0.39, 0.29) is 11.7 Å². The Morgan fingerprint density at radius 2 is 1.76 bits per heavy atom. The Balaban J connectivity index is 1.47. The van der Waals surface area contributed by atoms with Crippen LogP contribution in [-0.4, -0.2) is 47.4 Å². The molecule has 3 aliphatic rings. The molecule has 1 aromatic carbocycles. The molecule has 1 aromatic rings. The van der Waals surface area contributed by atoms with Crippen LogP contribution in [0.1, 0.15) is 36.0 Å². The van der Waals surface area contributed by atoms with Crippen molar-refractivity contribution >= 4 is 5.91 Å². The minimum absolute atomic E-state index is 0.0655. The second-order valence-electron chi connectivity index (χ2n) is 6.66. The van der Waals surface area contributed by atoms with Crippen LogP contribution in [0.5, 0.6) is 0 Å². The summed E-state index contributed by atoms with van der Waals surface area (Å²) < 4.78 is 13.0. The molecular formula is C17H21FN2O. The maximum atomic E-state index is 13.0. The molecule has 4 heteroatoms. The first-order chi connectivity index (χ1) is 10.2. The van der Waals surface area contributed by atoms with Gasteiger partial charge in [0.25, 0.3) is 5.91 Å². The van der Waals surface area contributed by atoms with Gasteiger partial charge in [0.1, 0.15) is 5.82 Å². The van der Waals surface area contributed by atoms with E-state index in [2.05, 4.69) is 4.90 Å². The van der Waals surface area contributed by atoms with Gasteiger partial charge in [-0.05, 0) is 55.9 Å². The van der Waals surface area contributed by atoms with Gasteiger partial charge in [0.05, 0.1) is 0 Å². The van der Waals surface area contributed by atoms with Gasteiger partial charge in [-0.25, -0.2) is 4.39 Å². The zero-order valence-corrected chi connectivity index (χ0v) is 12.2. The summed E-state index contributed by atoms with van der Waals surface area (Å²) in [6, 6.07) is 6.85. The van der Waals surface area contributed by atoms with E-state index >= 15 is 0 Å². The van der Waals surface area contributed by atoms with Crippen molar-refractivity contribution in [2.45, 2.75) is 37.8 Å². The molecule has 2 heterocycles. The minimum atomic E-state index is -0.290. The van der Waals surface area contributed by atoms with Crippen LogP contribution in [0.25, 0.3) is 0 Å². The molecule has 112 valence electrons. The highest BCUT2D eigenvalue weighted by Crippen LogP contribution is 2.37. The van der Waals surface area contributed by atoms with Crippen molar-refractivity contribution in [2.24, 2.45) is 5.92 Å². The number of rotatable bonds is 3. The third-order valence-corrected chi connectivity index (χ3v) is 5.23. The molecule has 0 aromatic heterocycles. The van der Waals surface area contributed by atoms with Gasteiger partial charge in [0.15, 0.2) is 0 Å². The van der Waals surface area contributed by atoms with E-state index in [4.69, 9.17) is 0 Å². The summed E-state index contributed by atoms with van der Waals surface area (Å²) in [5.74, 6) is 0.684. The van der Waals surface area contributed by atoms with Crippen molar-refractivity contribution in [3.05, 3.63) is 35.6 Å². The molecule has 2 atom stereocenters. The SMILES string of the molecule is O=C(c1ccc(F)cc1)N1CC[C@@H]2[C@@H]1CCN2CC1CC1. The van der Waals surface area contributed by atoms with E-state index in [9.17, 15) is 9.18 Å². The van der Waals surface area contributed by atoms with Crippen LogP contribution in [0.3, 0.4) is 0 Å². The highest BCUT2D eigenvalue weighted by atomic mass is 19.1. The largest absolute Gasteiger partial charge is 0.334 e. The maximum absolute atomic E-state index is 13.0. The van der Waals surface area contributed by atoms with Crippen molar-refractivity contribution in [2.75, 3.05) is 19.6 Å². The van der Waals surface area contributed by atoms with Crippen molar-refractivity contribution < 1.29 is 9.18 Å². The van der Waals surface area contributed by atoms with Gasteiger partial charge in [-0.2, -0.15) is 0 Å². The molecule has 3 fully saturated rings. The molecule has 0 N–H and O–H groups in total. The van der Waals surface area contributed by atoms with Crippen LogP contribution >= 0.6 is 0 Å². The lowest BCUT2D eigenvalue weighted by atomic mass is 10.1. The molecule has 0 radical (unpaired) electrons. The molecule has 0 bridgehead atoms. The van der Waals surface area contributed by atoms with E-state index in [1.54, 1.807) is 12.1 Å². The van der Waals surface area contributed by atoms with E-state index in [1.165, 1.54) is 31.5 Å². The summed E-state index contributed by atoms with van der Waals surface area (Å²) in [5, 5.41) is 0. The highest BCUT2D eigenvalue weighted by molar-refractivity contribution is 5.94. The van der Waals surface area contributed by atoms with Gasteiger partial charge >= 0.3 is 0 Å². The van der Waals surface area contributed by atoms with Gasteiger partial charge in [0, 0.05) is 37.3 Å². The number of fused-ring (bicyclic) bond motifs is 1. The predicted molar refractivity (Wildman–Crippen MR) is 78.5 cm³/mol. The van der Waals surface area contributed by atoms with Gasteiger partial charge in [-0.15, -0.1) is 0 Å². The first kappa shape index (κ1) is 13.3. The number of halogens is 1. The Hall–Kier alpha value is -1.42. The van der Waals surface area contributed by atoms with Crippen molar-refractivity contribution in [1.29, 1.82) is 0 Å². The lowest BCUT2D eigenvalue weighted by Crippen LogP contribution is -2.40. The number of carbonyl (C=O) groups is 1. The smallest absolute Gasteiger partial charge is 0.254 e. The second kappa shape index (κ2) is 5.09. The Morgan fingerprint density at radius 1 is 1.05 bits per heavy atom. The van der Waals surface area contributed by atoms with Gasteiger partial charge in [-0.3, -0.25) is 9.69 Å². The zero-order chi connectivity index (χ0) is 14.4. The third kappa shape index (κ3) is 2.46. The first-order valence-electron chi connectivity index (χ1n) is 8.03. The average molecular weight is 288 g/mol. The molecule has 3 nitrogen and oxygen atoms in total. The topological polar surface area (TPSA) is 23.6 Å². The number of hydrogen-bond donors (Lipinski definition) is 0. The lowest BCUT2D eigenvalue weighted by molar-refractivity contribution is 0.0732. The van der Waals surface area contributed by atoms with E-state index in [0.29, 0.717) is 17.6 Å². The molecule has 1 saturated carbocycles. The Kier molecular flexibility index (Phi) is 3.21. The number of amides is 1. The zero-order valence-electron chi connectivity index (χ0n) is 12.2. The number of nitrogens with zero attached hydrogens (tertiary/aromatic N) is 2. The molecular weight excluding hydrogens is 267 g/mol. The fraction of sp³-hybridized carbons (Fsp3) is 0.588. The monoisotopic (exact) mass is 288 g/mol. The fourth-order valence-electron chi connectivity index (χ4n) is 3.94. The summed E-state index contributed by atoms with van der Waals surface area (Å²) in [6.07, 6.45) is 4.94. The molecule has 2 aliphatic heterocycles. The molecule has 0 spiro atoms. The Labute approximate surface area is 124 Å².